The molecule has 1 aliphatic rings. The number of hydrogen-bond acceptors (Lipinski definition) is 3. The van der Waals surface area contributed by atoms with Crippen LogP contribution in [0.4, 0.5) is 0 Å². The van der Waals surface area contributed by atoms with Gasteiger partial charge in [-0.3, -0.25) is 4.79 Å². The Balaban J connectivity index is 2.40. The van der Waals surface area contributed by atoms with Crippen LogP contribution >= 0.6 is 0 Å². The number of hydrogen-bond donors (Lipinski definition) is 2. The molecule has 118 valence electrons. The summed E-state index contributed by atoms with van der Waals surface area (Å²) in [5, 5.41) is 3.27. The molecule has 2 atom stereocenters. The Morgan fingerprint density at radius 2 is 1.90 bits per heavy atom. The van der Waals surface area contributed by atoms with E-state index in [-0.39, 0.29) is 18.1 Å². The Morgan fingerprint density at radius 1 is 1.30 bits per heavy atom. The smallest absolute Gasteiger partial charge is 0.237 e. The second-order valence-corrected chi connectivity index (χ2v) is 6.85. The number of nitrogens with two attached hydrogens (primary N) is 1. The van der Waals surface area contributed by atoms with E-state index in [1.54, 1.807) is 0 Å². The maximum atomic E-state index is 11.7. The second-order valence-electron chi connectivity index (χ2n) is 6.85. The van der Waals surface area contributed by atoms with Gasteiger partial charge in [0.05, 0.1) is 11.6 Å². The lowest BCUT2D eigenvalue weighted by Crippen LogP contribution is -2.57. The highest BCUT2D eigenvalue weighted by molar-refractivity contribution is 5.84. The van der Waals surface area contributed by atoms with E-state index in [9.17, 15) is 4.79 Å². The molecular weight excluding hydrogens is 252 g/mol. The number of carbonyl (C=O) groups excluding carboxylic acids is 1. The molecule has 20 heavy (non-hydrogen) atoms. The molecule has 0 heterocycles. The number of rotatable bonds is 8. The number of primary amides is 1. The van der Waals surface area contributed by atoms with Crippen LogP contribution in [0.3, 0.4) is 0 Å². The van der Waals surface area contributed by atoms with Gasteiger partial charge in [0.25, 0.3) is 0 Å². The van der Waals surface area contributed by atoms with Crippen LogP contribution in [-0.4, -0.2) is 30.2 Å². The molecule has 1 saturated carbocycles. The molecule has 1 aliphatic carbocycles. The molecule has 4 nitrogen and oxygen atoms in total. The van der Waals surface area contributed by atoms with E-state index in [1.807, 2.05) is 27.7 Å². The van der Waals surface area contributed by atoms with Crippen molar-refractivity contribution < 1.29 is 9.53 Å². The largest absolute Gasteiger partial charge is 0.378 e. The van der Waals surface area contributed by atoms with Gasteiger partial charge in [-0.25, -0.2) is 0 Å². The number of nitrogens with one attached hydrogen (secondary N) is 1. The normalized spacial score (nSPS) is 21.6. The van der Waals surface area contributed by atoms with Crippen molar-refractivity contribution in [1.82, 2.24) is 5.32 Å². The van der Waals surface area contributed by atoms with E-state index in [2.05, 4.69) is 5.32 Å². The standard InChI is InChI=1S/C16H32N2O2/c1-12(2)18-16(4,15(17)19)10-13(3)20-11-14-8-6-5-7-9-14/h12-14,18H,5-11H2,1-4H3,(H2,17,19). The maximum Gasteiger partial charge on any atom is 0.237 e. The van der Waals surface area contributed by atoms with Crippen molar-refractivity contribution in [3.63, 3.8) is 0 Å². The summed E-state index contributed by atoms with van der Waals surface area (Å²) in [5.41, 5.74) is 4.86. The lowest BCUT2D eigenvalue weighted by molar-refractivity contribution is -0.126. The minimum atomic E-state index is -0.694. The Bertz CT molecular complexity index is 301. The van der Waals surface area contributed by atoms with Gasteiger partial charge in [-0.15, -0.1) is 0 Å². The molecule has 2 unspecified atom stereocenters. The highest BCUT2D eigenvalue weighted by Gasteiger charge is 2.33. The Labute approximate surface area is 123 Å². The first-order valence-electron chi connectivity index (χ1n) is 8.02. The molecule has 0 aromatic carbocycles. The van der Waals surface area contributed by atoms with Gasteiger partial charge in [0.2, 0.25) is 5.91 Å². The van der Waals surface area contributed by atoms with Gasteiger partial charge >= 0.3 is 0 Å². The summed E-state index contributed by atoms with van der Waals surface area (Å²) in [6, 6.07) is 0.220. The zero-order chi connectivity index (χ0) is 15.2. The van der Waals surface area contributed by atoms with Crippen LogP contribution in [0.15, 0.2) is 0 Å². The van der Waals surface area contributed by atoms with E-state index < -0.39 is 5.54 Å². The van der Waals surface area contributed by atoms with E-state index >= 15 is 0 Å². The average Bonchev–Trinajstić information content (AvgIpc) is 2.36. The molecule has 0 aliphatic heterocycles. The Kier molecular flexibility index (Phi) is 6.96. The fourth-order valence-corrected chi connectivity index (χ4v) is 3.16. The summed E-state index contributed by atoms with van der Waals surface area (Å²) in [6.07, 6.45) is 7.25. The van der Waals surface area contributed by atoms with Crippen LogP contribution in [0.25, 0.3) is 0 Å². The first-order chi connectivity index (χ1) is 9.33. The summed E-state index contributed by atoms with van der Waals surface area (Å²) < 4.78 is 5.96. The van der Waals surface area contributed by atoms with Gasteiger partial charge in [-0.05, 0) is 46.5 Å². The Morgan fingerprint density at radius 3 is 2.40 bits per heavy atom. The van der Waals surface area contributed by atoms with Gasteiger partial charge < -0.3 is 15.8 Å². The molecule has 1 fully saturated rings. The first kappa shape index (κ1) is 17.4. The zero-order valence-electron chi connectivity index (χ0n) is 13.6. The van der Waals surface area contributed by atoms with Crippen molar-refractivity contribution in [3.8, 4) is 0 Å². The number of ether oxygens (including phenoxy) is 1. The average molecular weight is 284 g/mol. The zero-order valence-corrected chi connectivity index (χ0v) is 13.6. The molecule has 0 spiro atoms. The van der Waals surface area contributed by atoms with Crippen LogP contribution in [0.2, 0.25) is 0 Å². The van der Waals surface area contributed by atoms with E-state index in [4.69, 9.17) is 10.5 Å². The number of carbonyl (C=O) groups is 1. The third-order valence-electron chi connectivity index (χ3n) is 4.19. The van der Waals surface area contributed by atoms with E-state index in [1.165, 1.54) is 32.1 Å². The van der Waals surface area contributed by atoms with Crippen molar-refractivity contribution in [3.05, 3.63) is 0 Å². The molecule has 0 radical (unpaired) electrons. The third kappa shape index (κ3) is 5.80. The summed E-state index contributed by atoms with van der Waals surface area (Å²) in [7, 11) is 0. The highest BCUT2D eigenvalue weighted by atomic mass is 16.5. The van der Waals surface area contributed by atoms with Gasteiger partial charge in [0.15, 0.2) is 0 Å². The van der Waals surface area contributed by atoms with Gasteiger partial charge in [0.1, 0.15) is 0 Å². The molecule has 1 amide bonds. The Hall–Kier alpha value is -0.610. The summed E-state index contributed by atoms with van der Waals surface area (Å²) in [6.45, 7) is 8.77. The van der Waals surface area contributed by atoms with E-state index in [0.717, 1.165) is 6.61 Å². The van der Waals surface area contributed by atoms with Gasteiger partial charge in [-0.2, -0.15) is 0 Å². The maximum absolute atomic E-state index is 11.7. The van der Waals surface area contributed by atoms with Crippen LogP contribution < -0.4 is 11.1 Å². The molecule has 0 bridgehead atoms. The van der Waals surface area contributed by atoms with Crippen molar-refractivity contribution in [2.45, 2.75) is 83.9 Å². The van der Waals surface area contributed by atoms with Crippen molar-refractivity contribution >= 4 is 5.91 Å². The fraction of sp³-hybridized carbons (Fsp3) is 0.938. The summed E-state index contributed by atoms with van der Waals surface area (Å²) in [4.78, 5) is 11.7. The number of amides is 1. The molecule has 0 aromatic heterocycles. The topological polar surface area (TPSA) is 64.3 Å². The van der Waals surface area contributed by atoms with Crippen molar-refractivity contribution in [2.24, 2.45) is 11.7 Å². The summed E-state index contributed by atoms with van der Waals surface area (Å²) >= 11 is 0. The lowest BCUT2D eigenvalue weighted by Gasteiger charge is -2.33. The predicted molar refractivity (Wildman–Crippen MR) is 82.5 cm³/mol. The van der Waals surface area contributed by atoms with Crippen LogP contribution in [0.1, 0.15) is 66.2 Å². The lowest BCUT2D eigenvalue weighted by atomic mass is 9.89. The highest BCUT2D eigenvalue weighted by Crippen LogP contribution is 2.25. The van der Waals surface area contributed by atoms with E-state index in [0.29, 0.717) is 12.3 Å². The quantitative estimate of drug-likeness (QED) is 0.720. The minimum absolute atomic E-state index is 0.0423. The second kappa shape index (κ2) is 7.99. The van der Waals surface area contributed by atoms with Crippen molar-refractivity contribution in [2.75, 3.05) is 6.61 Å². The molecule has 4 heteroatoms. The summed E-state index contributed by atoms with van der Waals surface area (Å²) in [5.74, 6) is 0.392. The third-order valence-corrected chi connectivity index (χ3v) is 4.19. The monoisotopic (exact) mass is 284 g/mol. The molecule has 3 N–H and O–H groups in total. The fourth-order valence-electron chi connectivity index (χ4n) is 3.16. The molecule has 0 aromatic rings. The predicted octanol–water partition coefficient (Wildman–Crippen LogP) is 2.60. The molecule has 1 rings (SSSR count). The van der Waals surface area contributed by atoms with Crippen molar-refractivity contribution in [1.29, 1.82) is 0 Å². The molecule has 0 saturated heterocycles. The first-order valence-corrected chi connectivity index (χ1v) is 8.02. The SMILES string of the molecule is CC(C)NC(C)(CC(C)OCC1CCCCC1)C(N)=O. The van der Waals surface area contributed by atoms with Gasteiger partial charge in [0, 0.05) is 19.1 Å². The molecular formula is C16H32N2O2. The van der Waals surface area contributed by atoms with Crippen LogP contribution in [-0.2, 0) is 9.53 Å². The van der Waals surface area contributed by atoms with Crippen LogP contribution in [0.5, 0.6) is 0 Å². The van der Waals surface area contributed by atoms with Gasteiger partial charge in [-0.1, -0.05) is 19.3 Å². The van der Waals surface area contributed by atoms with Crippen LogP contribution in [0, 0.1) is 5.92 Å². The minimum Gasteiger partial charge on any atom is -0.378 e.